The zero-order valence-electron chi connectivity index (χ0n) is 17.3. The number of hydrogen-bond acceptors (Lipinski definition) is 4. The SMILES string of the molecule is CCCNC(=O)N1C[C@H]2CCCCN(c3ccc(NC(=O)C(C)C)cn3)[C@H]2C1. The van der Waals surface area contributed by atoms with E-state index in [9.17, 15) is 9.59 Å². The van der Waals surface area contributed by atoms with Gasteiger partial charge in [0.1, 0.15) is 5.82 Å². The number of urea groups is 1. The van der Waals surface area contributed by atoms with E-state index in [0.717, 1.165) is 56.9 Å². The van der Waals surface area contributed by atoms with Crippen LogP contribution in [0.15, 0.2) is 18.3 Å². The minimum absolute atomic E-state index is 0.00564. The van der Waals surface area contributed by atoms with Crippen LogP contribution >= 0.6 is 0 Å². The molecule has 0 radical (unpaired) electrons. The Labute approximate surface area is 167 Å². The van der Waals surface area contributed by atoms with E-state index in [1.807, 2.05) is 30.9 Å². The van der Waals surface area contributed by atoms with E-state index in [2.05, 4.69) is 27.4 Å². The van der Waals surface area contributed by atoms with Gasteiger partial charge < -0.3 is 20.4 Å². The summed E-state index contributed by atoms with van der Waals surface area (Å²) in [5.41, 5.74) is 0.723. The quantitative estimate of drug-likeness (QED) is 0.814. The number of nitrogens with zero attached hydrogens (tertiary/aromatic N) is 3. The van der Waals surface area contributed by atoms with Crippen LogP contribution in [0.3, 0.4) is 0 Å². The van der Waals surface area contributed by atoms with Gasteiger partial charge in [-0.2, -0.15) is 0 Å². The largest absolute Gasteiger partial charge is 0.352 e. The lowest BCUT2D eigenvalue weighted by molar-refractivity contribution is -0.118. The molecule has 3 heterocycles. The van der Waals surface area contributed by atoms with Crippen LogP contribution in [-0.4, -0.2) is 54.0 Å². The highest BCUT2D eigenvalue weighted by atomic mass is 16.2. The number of aromatic nitrogens is 1. The average molecular weight is 388 g/mol. The second-order valence-electron chi connectivity index (χ2n) is 8.20. The molecule has 2 saturated heterocycles. The lowest BCUT2D eigenvalue weighted by atomic mass is 9.98. The first-order chi connectivity index (χ1) is 13.5. The van der Waals surface area contributed by atoms with Crippen LogP contribution in [0.5, 0.6) is 0 Å². The molecule has 2 atom stereocenters. The van der Waals surface area contributed by atoms with Crippen molar-refractivity contribution in [2.24, 2.45) is 11.8 Å². The Hall–Kier alpha value is -2.31. The second-order valence-corrected chi connectivity index (χ2v) is 8.20. The molecule has 0 aromatic carbocycles. The molecule has 7 nitrogen and oxygen atoms in total. The first kappa shape index (κ1) is 20.4. The fraction of sp³-hybridized carbons (Fsp3) is 0.667. The fourth-order valence-electron chi connectivity index (χ4n) is 4.06. The van der Waals surface area contributed by atoms with Crippen LogP contribution in [-0.2, 0) is 4.79 Å². The maximum absolute atomic E-state index is 12.4. The van der Waals surface area contributed by atoms with Gasteiger partial charge in [-0.3, -0.25) is 4.79 Å². The number of pyridine rings is 1. The monoisotopic (exact) mass is 387 g/mol. The summed E-state index contributed by atoms with van der Waals surface area (Å²) in [6.45, 7) is 9.05. The predicted molar refractivity (Wildman–Crippen MR) is 111 cm³/mol. The molecule has 28 heavy (non-hydrogen) atoms. The van der Waals surface area contributed by atoms with Gasteiger partial charge in [-0.15, -0.1) is 0 Å². The van der Waals surface area contributed by atoms with Gasteiger partial charge in [0, 0.05) is 32.1 Å². The predicted octanol–water partition coefficient (Wildman–Crippen LogP) is 3.09. The molecule has 2 fully saturated rings. The van der Waals surface area contributed by atoms with Crippen LogP contribution in [0, 0.1) is 11.8 Å². The molecule has 3 rings (SSSR count). The average Bonchev–Trinajstić information content (AvgIpc) is 3.01. The highest BCUT2D eigenvalue weighted by Gasteiger charge is 2.40. The summed E-state index contributed by atoms with van der Waals surface area (Å²) in [5.74, 6) is 1.34. The zero-order valence-corrected chi connectivity index (χ0v) is 17.3. The minimum Gasteiger partial charge on any atom is -0.352 e. The molecule has 0 saturated carbocycles. The number of fused-ring (bicyclic) bond motifs is 1. The Morgan fingerprint density at radius 1 is 1.25 bits per heavy atom. The molecule has 0 bridgehead atoms. The second kappa shape index (κ2) is 9.26. The lowest BCUT2D eigenvalue weighted by Crippen LogP contribution is -2.43. The first-order valence-corrected chi connectivity index (χ1v) is 10.6. The van der Waals surface area contributed by atoms with E-state index >= 15 is 0 Å². The third-order valence-electron chi connectivity index (χ3n) is 5.68. The molecule has 3 amide bonds. The summed E-state index contributed by atoms with van der Waals surface area (Å²) in [5, 5.41) is 5.89. The van der Waals surface area contributed by atoms with Gasteiger partial charge in [-0.05, 0) is 37.3 Å². The molecule has 1 aromatic heterocycles. The van der Waals surface area contributed by atoms with E-state index in [1.165, 1.54) is 6.42 Å². The maximum Gasteiger partial charge on any atom is 0.317 e. The van der Waals surface area contributed by atoms with Crippen LogP contribution in [0.2, 0.25) is 0 Å². The van der Waals surface area contributed by atoms with E-state index in [0.29, 0.717) is 12.0 Å². The summed E-state index contributed by atoms with van der Waals surface area (Å²) >= 11 is 0. The topological polar surface area (TPSA) is 77.6 Å². The van der Waals surface area contributed by atoms with Crippen LogP contribution in [0.4, 0.5) is 16.3 Å². The van der Waals surface area contributed by atoms with Gasteiger partial charge >= 0.3 is 6.03 Å². The van der Waals surface area contributed by atoms with Crippen molar-refractivity contribution in [3.63, 3.8) is 0 Å². The smallest absolute Gasteiger partial charge is 0.317 e. The zero-order chi connectivity index (χ0) is 20.1. The Balaban J connectivity index is 1.70. The van der Waals surface area contributed by atoms with Crippen molar-refractivity contribution in [1.82, 2.24) is 15.2 Å². The number of carbonyl (C=O) groups is 2. The van der Waals surface area contributed by atoms with Gasteiger partial charge in [0.05, 0.1) is 17.9 Å². The Morgan fingerprint density at radius 2 is 2.07 bits per heavy atom. The standard InChI is InChI=1S/C21H33N5O2/c1-4-10-22-21(28)25-13-16-7-5-6-11-26(18(16)14-25)19-9-8-17(12-23-19)24-20(27)15(2)3/h8-9,12,15-16,18H,4-7,10-11,13-14H2,1-3H3,(H,22,28)(H,24,27)/t16-,18+/m1/s1. The molecule has 154 valence electrons. The van der Waals surface area contributed by atoms with E-state index in [4.69, 9.17) is 0 Å². The molecular weight excluding hydrogens is 354 g/mol. The van der Waals surface area contributed by atoms with Crippen LogP contribution in [0.25, 0.3) is 0 Å². The molecule has 0 unspecified atom stereocenters. The summed E-state index contributed by atoms with van der Waals surface area (Å²) in [6, 6.07) is 4.26. The van der Waals surface area contributed by atoms with Crippen molar-refractivity contribution in [2.45, 2.75) is 52.5 Å². The normalized spacial score (nSPS) is 22.0. The minimum atomic E-state index is -0.0608. The molecule has 0 spiro atoms. The molecule has 1 aromatic rings. The lowest BCUT2D eigenvalue weighted by Gasteiger charge is -2.31. The molecular formula is C21H33N5O2. The van der Waals surface area contributed by atoms with Gasteiger partial charge in [-0.1, -0.05) is 27.2 Å². The van der Waals surface area contributed by atoms with Crippen molar-refractivity contribution >= 4 is 23.4 Å². The third-order valence-corrected chi connectivity index (χ3v) is 5.68. The molecule has 2 aliphatic rings. The maximum atomic E-state index is 12.4. The Kier molecular flexibility index (Phi) is 6.75. The van der Waals surface area contributed by atoms with Gasteiger partial charge in [0.25, 0.3) is 0 Å². The fourth-order valence-corrected chi connectivity index (χ4v) is 4.06. The van der Waals surface area contributed by atoms with Crippen molar-refractivity contribution in [3.05, 3.63) is 18.3 Å². The molecule has 2 N–H and O–H groups in total. The molecule has 2 aliphatic heterocycles. The first-order valence-electron chi connectivity index (χ1n) is 10.6. The third kappa shape index (κ3) is 4.75. The molecule has 7 heteroatoms. The summed E-state index contributed by atoms with van der Waals surface area (Å²) in [6.07, 6.45) is 6.16. The van der Waals surface area contributed by atoms with Crippen molar-refractivity contribution in [3.8, 4) is 0 Å². The number of nitrogens with one attached hydrogen (secondary N) is 2. The Morgan fingerprint density at radius 3 is 2.75 bits per heavy atom. The summed E-state index contributed by atoms with van der Waals surface area (Å²) in [7, 11) is 0. The number of amides is 3. The van der Waals surface area contributed by atoms with Crippen molar-refractivity contribution < 1.29 is 9.59 Å². The van der Waals surface area contributed by atoms with E-state index < -0.39 is 0 Å². The highest BCUT2D eigenvalue weighted by molar-refractivity contribution is 5.91. The van der Waals surface area contributed by atoms with Crippen LogP contribution in [0.1, 0.15) is 46.5 Å². The highest BCUT2D eigenvalue weighted by Crippen LogP contribution is 2.32. The number of anilines is 2. The summed E-state index contributed by atoms with van der Waals surface area (Å²) in [4.78, 5) is 33.2. The van der Waals surface area contributed by atoms with Crippen molar-refractivity contribution in [1.29, 1.82) is 0 Å². The number of likely N-dealkylation sites (tertiary alicyclic amines) is 1. The van der Waals surface area contributed by atoms with Gasteiger partial charge in [0.2, 0.25) is 5.91 Å². The number of carbonyl (C=O) groups excluding carboxylic acids is 2. The molecule has 0 aliphatic carbocycles. The van der Waals surface area contributed by atoms with E-state index in [1.54, 1.807) is 6.20 Å². The number of rotatable bonds is 5. The Bertz CT molecular complexity index is 676. The van der Waals surface area contributed by atoms with Gasteiger partial charge in [0.15, 0.2) is 0 Å². The van der Waals surface area contributed by atoms with Crippen LogP contribution < -0.4 is 15.5 Å². The van der Waals surface area contributed by atoms with E-state index in [-0.39, 0.29) is 17.9 Å². The summed E-state index contributed by atoms with van der Waals surface area (Å²) < 4.78 is 0. The van der Waals surface area contributed by atoms with Crippen molar-refractivity contribution in [2.75, 3.05) is 36.4 Å². The van der Waals surface area contributed by atoms with Gasteiger partial charge in [-0.25, -0.2) is 9.78 Å². The number of hydrogen-bond donors (Lipinski definition) is 2.